The lowest BCUT2D eigenvalue weighted by Gasteiger charge is -2.24. The molecule has 0 bridgehead atoms. The lowest BCUT2D eigenvalue weighted by atomic mass is 10.1. The van der Waals surface area contributed by atoms with Gasteiger partial charge in [-0.15, -0.1) is 0 Å². The monoisotopic (exact) mass is 330 g/mol. The van der Waals surface area contributed by atoms with Crippen molar-refractivity contribution >= 4 is 11.4 Å². The molecular weight excluding hydrogens is 308 g/mol. The van der Waals surface area contributed by atoms with E-state index in [4.69, 9.17) is 4.74 Å². The van der Waals surface area contributed by atoms with Crippen molar-refractivity contribution in [2.75, 3.05) is 18.1 Å². The van der Waals surface area contributed by atoms with E-state index in [9.17, 15) is 15.2 Å². The number of para-hydroxylation sites is 1. The fourth-order valence-corrected chi connectivity index (χ4v) is 2.51. The fraction of sp³-hybridized carbons (Fsp3) is 0.333. The second kappa shape index (κ2) is 8.31. The van der Waals surface area contributed by atoms with Gasteiger partial charge in [0.2, 0.25) is 0 Å². The molecule has 0 aliphatic rings. The Bertz CT molecular complexity index is 674. The Morgan fingerprint density at radius 2 is 1.88 bits per heavy atom. The summed E-state index contributed by atoms with van der Waals surface area (Å²) >= 11 is 0. The summed E-state index contributed by atoms with van der Waals surface area (Å²) in [6.45, 7) is 4.31. The summed E-state index contributed by atoms with van der Waals surface area (Å²) in [6.07, 6.45) is -0.167. The smallest absolute Gasteiger partial charge is 0.333 e. The van der Waals surface area contributed by atoms with E-state index in [2.05, 4.69) is 0 Å². The third kappa shape index (κ3) is 4.45. The molecule has 2 aromatic carbocycles. The molecule has 6 nitrogen and oxygen atoms in total. The summed E-state index contributed by atoms with van der Waals surface area (Å²) in [6, 6.07) is 14.7. The van der Waals surface area contributed by atoms with Gasteiger partial charge in [-0.25, -0.2) is 0 Å². The van der Waals surface area contributed by atoms with Gasteiger partial charge < -0.3 is 14.7 Å². The number of hydrogen-bond acceptors (Lipinski definition) is 5. The molecule has 128 valence electrons. The number of nitro benzene ring substituents is 1. The van der Waals surface area contributed by atoms with Crippen LogP contribution in [0.1, 0.15) is 19.4 Å². The molecule has 24 heavy (non-hydrogen) atoms. The van der Waals surface area contributed by atoms with Crippen molar-refractivity contribution in [1.82, 2.24) is 0 Å². The van der Waals surface area contributed by atoms with Crippen molar-refractivity contribution < 1.29 is 14.8 Å². The molecule has 0 spiro atoms. The first-order chi connectivity index (χ1) is 11.5. The highest BCUT2D eigenvalue weighted by molar-refractivity contribution is 5.70. The molecule has 0 amide bonds. The van der Waals surface area contributed by atoms with Gasteiger partial charge in [0.25, 0.3) is 0 Å². The van der Waals surface area contributed by atoms with Crippen LogP contribution in [0.2, 0.25) is 0 Å². The van der Waals surface area contributed by atoms with E-state index in [-0.39, 0.29) is 24.1 Å². The van der Waals surface area contributed by atoms with Gasteiger partial charge in [-0.3, -0.25) is 10.1 Å². The zero-order chi connectivity index (χ0) is 17.5. The van der Waals surface area contributed by atoms with E-state index < -0.39 is 4.92 Å². The Balaban J connectivity index is 2.43. The zero-order valence-corrected chi connectivity index (χ0v) is 13.9. The van der Waals surface area contributed by atoms with Gasteiger partial charge >= 0.3 is 5.69 Å². The number of ether oxygens (including phenoxy) is 1. The minimum atomic E-state index is -0.428. The summed E-state index contributed by atoms with van der Waals surface area (Å²) in [5.41, 5.74) is 1.38. The number of aliphatic hydroxyl groups is 1. The van der Waals surface area contributed by atoms with Crippen molar-refractivity contribution in [2.45, 2.75) is 26.5 Å². The molecule has 0 saturated heterocycles. The van der Waals surface area contributed by atoms with E-state index in [0.29, 0.717) is 18.8 Å². The molecule has 0 saturated carbocycles. The van der Waals surface area contributed by atoms with Gasteiger partial charge in [-0.2, -0.15) is 0 Å². The first kappa shape index (κ1) is 17.7. The molecule has 1 N–H and O–H groups in total. The normalized spacial score (nSPS) is 10.7. The lowest BCUT2D eigenvalue weighted by Crippen LogP contribution is -2.27. The molecule has 0 atom stereocenters. The highest BCUT2D eigenvalue weighted by Crippen LogP contribution is 2.38. The average molecular weight is 330 g/mol. The van der Waals surface area contributed by atoms with Gasteiger partial charge in [0.1, 0.15) is 5.69 Å². The van der Waals surface area contributed by atoms with Crippen LogP contribution in [0.15, 0.2) is 48.5 Å². The molecule has 0 heterocycles. The maximum atomic E-state index is 11.6. The molecule has 6 heteroatoms. The topological polar surface area (TPSA) is 75.8 Å². The first-order valence-corrected chi connectivity index (χ1v) is 7.86. The number of nitrogens with zero attached hydrogens (tertiary/aromatic N) is 2. The van der Waals surface area contributed by atoms with Crippen LogP contribution in [0.3, 0.4) is 0 Å². The van der Waals surface area contributed by atoms with Crippen LogP contribution in [-0.2, 0) is 6.54 Å². The summed E-state index contributed by atoms with van der Waals surface area (Å²) < 4.78 is 5.59. The van der Waals surface area contributed by atoms with Crippen LogP contribution in [0.4, 0.5) is 11.4 Å². The van der Waals surface area contributed by atoms with Crippen molar-refractivity contribution in [3.05, 3.63) is 64.2 Å². The highest BCUT2D eigenvalue weighted by atomic mass is 16.6. The summed E-state index contributed by atoms with van der Waals surface area (Å²) in [5.74, 6) is 0.239. The van der Waals surface area contributed by atoms with Gasteiger partial charge in [0.05, 0.1) is 17.6 Å². The predicted molar refractivity (Wildman–Crippen MR) is 93.4 cm³/mol. The Kier molecular flexibility index (Phi) is 6.14. The van der Waals surface area contributed by atoms with Crippen LogP contribution < -0.4 is 9.64 Å². The van der Waals surface area contributed by atoms with Gasteiger partial charge in [-0.05, 0) is 31.5 Å². The standard InChI is InChI=1S/C18H22N2O4/c1-14(2)24-17-10-6-9-16(18(17)20(22)23)19(11-12-21)13-15-7-4-3-5-8-15/h3-10,14,21H,11-13H2,1-2H3. The molecule has 0 unspecified atom stereocenters. The van der Waals surface area contributed by atoms with E-state index in [0.717, 1.165) is 5.56 Å². The average Bonchev–Trinajstić information content (AvgIpc) is 2.54. The van der Waals surface area contributed by atoms with E-state index in [1.807, 2.05) is 44.2 Å². The van der Waals surface area contributed by atoms with Crippen molar-refractivity contribution in [3.63, 3.8) is 0 Å². The predicted octanol–water partition coefficient (Wildman–Crippen LogP) is 3.38. The third-order valence-corrected chi connectivity index (χ3v) is 3.45. The number of nitro groups is 1. The van der Waals surface area contributed by atoms with Crippen molar-refractivity contribution in [2.24, 2.45) is 0 Å². The summed E-state index contributed by atoms with van der Waals surface area (Å²) in [5, 5.41) is 21.0. The van der Waals surface area contributed by atoms with E-state index in [1.54, 1.807) is 23.1 Å². The highest BCUT2D eigenvalue weighted by Gasteiger charge is 2.25. The summed E-state index contributed by atoms with van der Waals surface area (Å²) in [7, 11) is 0. The molecule has 0 aliphatic heterocycles. The molecule has 2 aromatic rings. The Morgan fingerprint density at radius 1 is 1.17 bits per heavy atom. The molecular formula is C18H22N2O4. The molecule has 0 aliphatic carbocycles. The SMILES string of the molecule is CC(C)Oc1cccc(N(CCO)Cc2ccccc2)c1[N+](=O)[O-]. The van der Waals surface area contributed by atoms with Crippen LogP contribution in [0, 0.1) is 10.1 Å². The van der Waals surface area contributed by atoms with Crippen molar-refractivity contribution in [3.8, 4) is 5.75 Å². The number of rotatable bonds is 8. The molecule has 0 aromatic heterocycles. The molecule has 0 fully saturated rings. The minimum absolute atomic E-state index is 0.0735. The van der Waals surface area contributed by atoms with Crippen LogP contribution in [-0.4, -0.2) is 29.3 Å². The number of hydrogen-bond donors (Lipinski definition) is 1. The number of benzene rings is 2. The van der Waals surface area contributed by atoms with Crippen molar-refractivity contribution in [1.29, 1.82) is 0 Å². The Morgan fingerprint density at radius 3 is 2.46 bits per heavy atom. The second-order valence-corrected chi connectivity index (χ2v) is 5.68. The Labute approximate surface area is 141 Å². The van der Waals surface area contributed by atoms with Crippen LogP contribution in [0.25, 0.3) is 0 Å². The summed E-state index contributed by atoms with van der Waals surface area (Å²) in [4.78, 5) is 13.0. The van der Waals surface area contributed by atoms with Crippen LogP contribution in [0.5, 0.6) is 5.75 Å². The van der Waals surface area contributed by atoms with Gasteiger partial charge in [0, 0.05) is 13.1 Å². The third-order valence-electron chi connectivity index (χ3n) is 3.45. The maximum Gasteiger partial charge on any atom is 0.333 e. The van der Waals surface area contributed by atoms with Crippen LogP contribution >= 0.6 is 0 Å². The van der Waals surface area contributed by atoms with E-state index >= 15 is 0 Å². The molecule has 0 radical (unpaired) electrons. The van der Waals surface area contributed by atoms with Gasteiger partial charge in [-0.1, -0.05) is 36.4 Å². The maximum absolute atomic E-state index is 11.6. The first-order valence-electron chi connectivity index (χ1n) is 7.86. The second-order valence-electron chi connectivity index (χ2n) is 5.68. The largest absolute Gasteiger partial charge is 0.484 e. The van der Waals surface area contributed by atoms with E-state index in [1.165, 1.54) is 0 Å². The molecule has 2 rings (SSSR count). The fourth-order valence-electron chi connectivity index (χ4n) is 2.51. The minimum Gasteiger partial charge on any atom is -0.484 e. The number of anilines is 1. The Hall–Kier alpha value is -2.60. The number of aliphatic hydroxyl groups excluding tert-OH is 1. The zero-order valence-electron chi connectivity index (χ0n) is 13.9. The lowest BCUT2D eigenvalue weighted by molar-refractivity contribution is -0.385. The quantitative estimate of drug-likeness (QED) is 0.593. The van der Waals surface area contributed by atoms with Gasteiger partial charge in [0.15, 0.2) is 5.75 Å².